The first-order chi connectivity index (χ1) is 6.33. The maximum absolute atomic E-state index is 5.42. The van der Waals surface area contributed by atoms with E-state index in [1.54, 1.807) is 18.6 Å². The van der Waals surface area contributed by atoms with E-state index in [1.165, 1.54) is 0 Å². The monoisotopic (exact) mass is 180 g/mol. The number of aromatic nitrogens is 2. The Balaban J connectivity index is 2.32. The van der Waals surface area contributed by atoms with Crippen molar-refractivity contribution in [1.29, 1.82) is 0 Å². The third kappa shape index (κ3) is 3.96. The van der Waals surface area contributed by atoms with E-state index < -0.39 is 0 Å². The SMILES string of the molecule is CN(CCCN)Cc1cnccn1. The van der Waals surface area contributed by atoms with E-state index in [9.17, 15) is 0 Å². The Kier molecular flexibility index (Phi) is 4.35. The maximum Gasteiger partial charge on any atom is 0.0726 e. The molecule has 1 rings (SSSR count). The quantitative estimate of drug-likeness (QED) is 0.706. The Hall–Kier alpha value is -1.00. The molecule has 4 heteroatoms. The molecule has 72 valence electrons. The highest BCUT2D eigenvalue weighted by atomic mass is 15.1. The van der Waals surface area contributed by atoms with Crippen molar-refractivity contribution in [2.24, 2.45) is 5.73 Å². The Morgan fingerprint density at radius 3 is 2.92 bits per heavy atom. The van der Waals surface area contributed by atoms with Gasteiger partial charge in [0.25, 0.3) is 0 Å². The second-order valence-corrected chi connectivity index (χ2v) is 3.08. The van der Waals surface area contributed by atoms with Gasteiger partial charge < -0.3 is 10.6 Å². The number of nitrogens with two attached hydrogens (primary N) is 1. The third-order valence-corrected chi connectivity index (χ3v) is 1.79. The van der Waals surface area contributed by atoms with Crippen molar-refractivity contribution in [3.63, 3.8) is 0 Å². The Labute approximate surface area is 78.8 Å². The molecule has 0 aliphatic carbocycles. The molecule has 0 atom stereocenters. The molecule has 0 saturated heterocycles. The number of hydrogen-bond acceptors (Lipinski definition) is 4. The van der Waals surface area contributed by atoms with Crippen LogP contribution in [-0.2, 0) is 6.54 Å². The first-order valence-electron chi connectivity index (χ1n) is 4.46. The molecule has 13 heavy (non-hydrogen) atoms. The molecule has 0 aliphatic rings. The molecular weight excluding hydrogens is 164 g/mol. The summed E-state index contributed by atoms with van der Waals surface area (Å²) >= 11 is 0. The second-order valence-electron chi connectivity index (χ2n) is 3.08. The minimum atomic E-state index is 0.741. The molecule has 1 heterocycles. The molecule has 1 aromatic heterocycles. The van der Waals surface area contributed by atoms with Crippen LogP contribution in [0.4, 0.5) is 0 Å². The molecule has 0 bridgehead atoms. The molecule has 0 aromatic carbocycles. The lowest BCUT2D eigenvalue weighted by Crippen LogP contribution is -2.21. The van der Waals surface area contributed by atoms with Crippen molar-refractivity contribution in [3.05, 3.63) is 24.3 Å². The number of hydrogen-bond donors (Lipinski definition) is 1. The smallest absolute Gasteiger partial charge is 0.0726 e. The van der Waals surface area contributed by atoms with Gasteiger partial charge in [0.15, 0.2) is 0 Å². The molecule has 0 radical (unpaired) electrons. The summed E-state index contributed by atoms with van der Waals surface area (Å²) < 4.78 is 0. The van der Waals surface area contributed by atoms with Crippen molar-refractivity contribution >= 4 is 0 Å². The van der Waals surface area contributed by atoms with Gasteiger partial charge in [-0.1, -0.05) is 0 Å². The van der Waals surface area contributed by atoms with E-state index in [-0.39, 0.29) is 0 Å². The van der Waals surface area contributed by atoms with E-state index in [0.29, 0.717) is 0 Å². The lowest BCUT2D eigenvalue weighted by Gasteiger charge is -2.14. The van der Waals surface area contributed by atoms with Gasteiger partial charge in [-0.25, -0.2) is 0 Å². The zero-order chi connectivity index (χ0) is 9.52. The summed E-state index contributed by atoms with van der Waals surface area (Å²) in [4.78, 5) is 10.4. The lowest BCUT2D eigenvalue weighted by molar-refractivity contribution is 0.320. The third-order valence-electron chi connectivity index (χ3n) is 1.79. The normalized spacial score (nSPS) is 10.7. The summed E-state index contributed by atoms with van der Waals surface area (Å²) in [5, 5.41) is 0. The van der Waals surface area contributed by atoms with Gasteiger partial charge >= 0.3 is 0 Å². The fourth-order valence-electron chi connectivity index (χ4n) is 1.13. The van der Waals surface area contributed by atoms with Crippen LogP contribution in [0.5, 0.6) is 0 Å². The number of nitrogens with zero attached hydrogens (tertiary/aromatic N) is 3. The summed E-state index contributed by atoms with van der Waals surface area (Å²) in [5.74, 6) is 0. The summed E-state index contributed by atoms with van der Waals surface area (Å²) in [5.41, 5.74) is 6.42. The van der Waals surface area contributed by atoms with Crippen LogP contribution < -0.4 is 5.73 Å². The first-order valence-corrected chi connectivity index (χ1v) is 4.46. The topological polar surface area (TPSA) is 55.0 Å². The van der Waals surface area contributed by atoms with Gasteiger partial charge in [0.1, 0.15) is 0 Å². The predicted octanol–water partition coefficient (Wildman–Crippen LogP) is 0.257. The molecule has 0 unspecified atom stereocenters. The number of rotatable bonds is 5. The maximum atomic E-state index is 5.42. The summed E-state index contributed by atoms with van der Waals surface area (Å²) in [6, 6.07) is 0. The minimum absolute atomic E-state index is 0.741. The van der Waals surface area contributed by atoms with Crippen LogP contribution in [0.3, 0.4) is 0 Å². The molecule has 2 N–H and O–H groups in total. The van der Waals surface area contributed by atoms with Crippen molar-refractivity contribution in [1.82, 2.24) is 14.9 Å². The van der Waals surface area contributed by atoms with Gasteiger partial charge in [-0.05, 0) is 26.6 Å². The fraction of sp³-hybridized carbons (Fsp3) is 0.556. The molecule has 0 spiro atoms. The van der Waals surface area contributed by atoms with Crippen molar-refractivity contribution < 1.29 is 0 Å². The minimum Gasteiger partial charge on any atom is -0.330 e. The lowest BCUT2D eigenvalue weighted by atomic mass is 10.3. The largest absolute Gasteiger partial charge is 0.330 e. The van der Waals surface area contributed by atoms with Gasteiger partial charge in [0, 0.05) is 25.1 Å². The van der Waals surface area contributed by atoms with Crippen LogP contribution in [0.15, 0.2) is 18.6 Å². The average Bonchev–Trinajstić information content (AvgIpc) is 2.16. The fourth-order valence-corrected chi connectivity index (χ4v) is 1.13. The highest BCUT2D eigenvalue weighted by Crippen LogP contribution is 1.96. The second kappa shape index (κ2) is 5.61. The van der Waals surface area contributed by atoms with E-state index in [4.69, 9.17) is 5.73 Å². The van der Waals surface area contributed by atoms with E-state index in [0.717, 1.165) is 31.7 Å². The zero-order valence-corrected chi connectivity index (χ0v) is 7.98. The molecular formula is C9H16N4. The molecule has 0 aliphatic heterocycles. The van der Waals surface area contributed by atoms with Gasteiger partial charge in [0.05, 0.1) is 5.69 Å². The highest BCUT2D eigenvalue weighted by Gasteiger charge is 1.99. The summed E-state index contributed by atoms with van der Waals surface area (Å²) in [7, 11) is 2.06. The summed E-state index contributed by atoms with van der Waals surface area (Å²) in [6.07, 6.45) is 6.21. The molecule has 0 saturated carbocycles. The zero-order valence-electron chi connectivity index (χ0n) is 7.98. The van der Waals surface area contributed by atoms with Crippen LogP contribution in [0, 0.1) is 0 Å². The molecule has 0 amide bonds. The van der Waals surface area contributed by atoms with E-state index in [2.05, 4.69) is 21.9 Å². The average molecular weight is 180 g/mol. The Bertz CT molecular complexity index is 224. The summed E-state index contributed by atoms with van der Waals surface area (Å²) in [6.45, 7) is 2.59. The molecule has 0 fully saturated rings. The van der Waals surface area contributed by atoms with Crippen LogP contribution in [0.2, 0.25) is 0 Å². The highest BCUT2D eigenvalue weighted by molar-refractivity contribution is 4.93. The van der Waals surface area contributed by atoms with Gasteiger partial charge in [-0.15, -0.1) is 0 Å². The van der Waals surface area contributed by atoms with Gasteiger partial charge in [-0.2, -0.15) is 0 Å². The van der Waals surface area contributed by atoms with Crippen LogP contribution >= 0.6 is 0 Å². The van der Waals surface area contributed by atoms with Crippen molar-refractivity contribution in [2.45, 2.75) is 13.0 Å². The standard InChI is InChI=1S/C9H16N4/c1-13(6-2-3-10)8-9-7-11-4-5-12-9/h4-5,7H,2-3,6,8,10H2,1H3. The van der Waals surface area contributed by atoms with Crippen LogP contribution in [0.1, 0.15) is 12.1 Å². The molecule has 4 nitrogen and oxygen atoms in total. The van der Waals surface area contributed by atoms with E-state index >= 15 is 0 Å². The molecule has 1 aromatic rings. The Morgan fingerprint density at radius 2 is 2.31 bits per heavy atom. The van der Waals surface area contributed by atoms with Gasteiger partial charge in [-0.3, -0.25) is 9.97 Å². The van der Waals surface area contributed by atoms with Gasteiger partial charge in [0.2, 0.25) is 0 Å². The Morgan fingerprint density at radius 1 is 1.46 bits per heavy atom. The first kappa shape index (κ1) is 10.1. The van der Waals surface area contributed by atoms with Crippen molar-refractivity contribution in [3.8, 4) is 0 Å². The van der Waals surface area contributed by atoms with Crippen LogP contribution in [0.25, 0.3) is 0 Å². The van der Waals surface area contributed by atoms with E-state index in [1.807, 2.05) is 0 Å². The van der Waals surface area contributed by atoms with Crippen LogP contribution in [-0.4, -0.2) is 35.0 Å². The predicted molar refractivity (Wildman–Crippen MR) is 52.0 cm³/mol. The van der Waals surface area contributed by atoms with Crippen molar-refractivity contribution in [2.75, 3.05) is 20.1 Å².